The molecule has 0 bridgehead atoms. The number of aromatic nitrogens is 2. The van der Waals surface area contributed by atoms with Gasteiger partial charge in [-0.2, -0.15) is 0 Å². The van der Waals surface area contributed by atoms with Gasteiger partial charge in [-0.1, -0.05) is 6.07 Å². The molecule has 6 heteroatoms. The van der Waals surface area contributed by atoms with Crippen LogP contribution in [0, 0.1) is 18.6 Å². The number of hydrogen-bond acceptors (Lipinski definition) is 4. The highest BCUT2D eigenvalue weighted by Crippen LogP contribution is 2.16. The lowest BCUT2D eigenvalue weighted by molar-refractivity contribution is 0.507. The van der Waals surface area contributed by atoms with Crippen molar-refractivity contribution in [2.24, 2.45) is 0 Å². The molecule has 94 valence electrons. The molecule has 0 atom stereocenters. The van der Waals surface area contributed by atoms with E-state index >= 15 is 0 Å². The van der Waals surface area contributed by atoms with E-state index in [1.165, 1.54) is 12.4 Å². The van der Waals surface area contributed by atoms with Crippen molar-refractivity contribution in [2.45, 2.75) is 13.5 Å². The summed E-state index contributed by atoms with van der Waals surface area (Å²) in [5, 5.41) is 3.00. The highest BCUT2D eigenvalue weighted by Gasteiger charge is 2.05. The van der Waals surface area contributed by atoms with Crippen molar-refractivity contribution < 1.29 is 8.78 Å². The molecule has 18 heavy (non-hydrogen) atoms. The minimum atomic E-state index is -0.867. The Morgan fingerprint density at radius 2 is 2.00 bits per heavy atom. The molecule has 0 amide bonds. The third-order valence-corrected chi connectivity index (χ3v) is 2.57. The summed E-state index contributed by atoms with van der Waals surface area (Å²) in [5.41, 5.74) is 6.97. The van der Waals surface area contributed by atoms with E-state index in [9.17, 15) is 8.78 Å². The van der Waals surface area contributed by atoms with Gasteiger partial charge in [-0.3, -0.25) is 0 Å². The number of benzene rings is 1. The van der Waals surface area contributed by atoms with Gasteiger partial charge in [-0.15, -0.1) is 0 Å². The van der Waals surface area contributed by atoms with Crippen LogP contribution >= 0.6 is 0 Å². The van der Waals surface area contributed by atoms with Crippen LogP contribution in [0.4, 0.5) is 20.4 Å². The Bertz CT molecular complexity index is 572. The van der Waals surface area contributed by atoms with Gasteiger partial charge in [0.15, 0.2) is 11.6 Å². The van der Waals surface area contributed by atoms with E-state index in [2.05, 4.69) is 15.3 Å². The van der Waals surface area contributed by atoms with Crippen molar-refractivity contribution in [3.8, 4) is 0 Å². The molecule has 1 heterocycles. The molecular formula is C12H12F2N4. The molecule has 4 nitrogen and oxygen atoms in total. The zero-order valence-electron chi connectivity index (χ0n) is 9.74. The molecule has 0 aliphatic rings. The summed E-state index contributed by atoms with van der Waals surface area (Å²) in [7, 11) is 0. The van der Waals surface area contributed by atoms with Crippen LogP contribution in [0.5, 0.6) is 0 Å². The molecule has 0 fully saturated rings. The minimum Gasteiger partial charge on any atom is -0.383 e. The van der Waals surface area contributed by atoms with E-state index in [1.54, 1.807) is 6.92 Å². The monoisotopic (exact) mass is 250 g/mol. The first-order valence-electron chi connectivity index (χ1n) is 5.33. The topological polar surface area (TPSA) is 63.8 Å². The van der Waals surface area contributed by atoms with Crippen molar-refractivity contribution in [3.63, 3.8) is 0 Å². The molecule has 1 aromatic heterocycles. The van der Waals surface area contributed by atoms with Gasteiger partial charge < -0.3 is 11.1 Å². The van der Waals surface area contributed by atoms with Crippen LogP contribution in [0.1, 0.15) is 11.1 Å². The second-order valence-electron chi connectivity index (χ2n) is 3.83. The van der Waals surface area contributed by atoms with Crippen molar-refractivity contribution in [1.29, 1.82) is 0 Å². The third-order valence-electron chi connectivity index (χ3n) is 2.57. The molecule has 0 aliphatic carbocycles. The predicted octanol–water partition coefficient (Wildman–Crippen LogP) is 2.26. The lowest BCUT2D eigenvalue weighted by atomic mass is 10.2. The molecule has 0 saturated heterocycles. The van der Waals surface area contributed by atoms with E-state index in [1.807, 2.05) is 0 Å². The predicted molar refractivity (Wildman–Crippen MR) is 64.9 cm³/mol. The first-order valence-corrected chi connectivity index (χ1v) is 5.33. The lowest BCUT2D eigenvalue weighted by Crippen LogP contribution is -2.06. The zero-order chi connectivity index (χ0) is 13.1. The van der Waals surface area contributed by atoms with Gasteiger partial charge >= 0.3 is 0 Å². The standard InChI is InChI=1S/C12H12F2N4/c1-7-11(15)17-6-18-12(7)16-5-8-2-3-9(13)10(14)4-8/h2-4,6H,5H2,1H3,(H3,15,16,17,18). The van der Waals surface area contributed by atoms with Crippen LogP contribution in [0.25, 0.3) is 0 Å². The van der Waals surface area contributed by atoms with Gasteiger partial charge in [-0.25, -0.2) is 18.7 Å². The summed E-state index contributed by atoms with van der Waals surface area (Å²) >= 11 is 0. The summed E-state index contributed by atoms with van der Waals surface area (Å²) in [6, 6.07) is 3.74. The van der Waals surface area contributed by atoms with Crippen LogP contribution in [-0.4, -0.2) is 9.97 Å². The maximum absolute atomic E-state index is 13.0. The maximum atomic E-state index is 13.0. The summed E-state index contributed by atoms with van der Waals surface area (Å²) in [6.07, 6.45) is 1.34. The highest BCUT2D eigenvalue weighted by atomic mass is 19.2. The van der Waals surface area contributed by atoms with Gasteiger partial charge in [-0.05, 0) is 24.6 Å². The molecule has 0 radical (unpaired) electrons. The van der Waals surface area contributed by atoms with Crippen molar-refractivity contribution in [1.82, 2.24) is 9.97 Å². The lowest BCUT2D eigenvalue weighted by Gasteiger charge is -2.09. The Balaban J connectivity index is 2.11. The van der Waals surface area contributed by atoms with Crippen LogP contribution in [0.2, 0.25) is 0 Å². The van der Waals surface area contributed by atoms with Crippen LogP contribution in [0.3, 0.4) is 0 Å². The first kappa shape index (κ1) is 12.2. The Kier molecular flexibility index (Phi) is 3.36. The molecule has 2 aromatic rings. The Labute approximate surface area is 103 Å². The molecule has 0 unspecified atom stereocenters. The van der Waals surface area contributed by atoms with E-state index in [-0.39, 0.29) is 0 Å². The number of nitrogens with two attached hydrogens (primary N) is 1. The number of rotatable bonds is 3. The van der Waals surface area contributed by atoms with Crippen LogP contribution in [-0.2, 0) is 6.54 Å². The summed E-state index contributed by atoms with van der Waals surface area (Å²) in [4.78, 5) is 7.86. The zero-order valence-corrected chi connectivity index (χ0v) is 9.74. The third kappa shape index (κ3) is 2.53. The van der Waals surface area contributed by atoms with Gasteiger partial charge in [0.05, 0.1) is 0 Å². The van der Waals surface area contributed by atoms with Gasteiger partial charge in [0.25, 0.3) is 0 Å². The number of nitrogens with one attached hydrogen (secondary N) is 1. The number of anilines is 2. The molecule has 3 N–H and O–H groups in total. The minimum absolute atomic E-state index is 0.328. The SMILES string of the molecule is Cc1c(N)ncnc1NCc1ccc(F)c(F)c1. The Morgan fingerprint density at radius 1 is 1.22 bits per heavy atom. The molecule has 0 saturated carbocycles. The molecule has 1 aromatic carbocycles. The summed E-state index contributed by atoms with van der Waals surface area (Å²) in [5.74, 6) is -0.764. The fourth-order valence-corrected chi connectivity index (χ4v) is 1.48. The van der Waals surface area contributed by atoms with E-state index in [4.69, 9.17) is 5.73 Å². The Morgan fingerprint density at radius 3 is 2.72 bits per heavy atom. The average molecular weight is 250 g/mol. The molecule has 2 rings (SSSR count). The summed E-state index contributed by atoms with van der Waals surface area (Å²) < 4.78 is 25.7. The van der Waals surface area contributed by atoms with Crippen molar-refractivity contribution in [3.05, 3.63) is 47.3 Å². The van der Waals surface area contributed by atoms with E-state index in [0.717, 1.165) is 17.7 Å². The second-order valence-corrected chi connectivity index (χ2v) is 3.83. The second kappa shape index (κ2) is 4.95. The maximum Gasteiger partial charge on any atom is 0.159 e. The number of nitrogen functional groups attached to an aromatic ring is 1. The first-order chi connectivity index (χ1) is 8.58. The largest absolute Gasteiger partial charge is 0.383 e. The normalized spacial score (nSPS) is 10.4. The smallest absolute Gasteiger partial charge is 0.159 e. The van der Waals surface area contributed by atoms with E-state index < -0.39 is 11.6 Å². The van der Waals surface area contributed by atoms with E-state index in [0.29, 0.717) is 23.7 Å². The fraction of sp³-hybridized carbons (Fsp3) is 0.167. The van der Waals surface area contributed by atoms with Gasteiger partial charge in [0.2, 0.25) is 0 Å². The number of halogens is 2. The molecular weight excluding hydrogens is 238 g/mol. The fourth-order valence-electron chi connectivity index (χ4n) is 1.48. The molecule has 0 aliphatic heterocycles. The van der Waals surface area contributed by atoms with Crippen molar-refractivity contribution in [2.75, 3.05) is 11.1 Å². The van der Waals surface area contributed by atoms with Crippen LogP contribution < -0.4 is 11.1 Å². The average Bonchev–Trinajstić information content (AvgIpc) is 2.35. The Hall–Kier alpha value is -2.24. The number of nitrogens with zero attached hydrogens (tertiary/aromatic N) is 2. The number of hydrogen-bond donors (Lipinski definition) is 2. The van der Waals surface area contributed by atoms with Gasteiger partial charge in [0.1, 0.15) is 18.0 Å². The molecule has 0 spiro atoms. The van der Waals surface area contributed by atoms with Gasteiger partial charge in [0, 0.05) is 12.1 Å². The highest BCUT2D eigenvalue weighted by molar-refractivity contribution is 5.53. The van der Waals surface area contributed by atoms with Crippen LogP contribution in [0.15, 0.2) is 24.5 Å². The summed E-state index contributed by atoms with van der Waals surface area (Å²) in [6.45, 7) is 2.11. The quantitative estimate of drug-likeness (QED) is 0.877. The van der Waals surface area contributed by atoms with Crippen molar-refractivity contribution >= 4 is 11.6 Å².